The van der Waals surface area contributed by atoms with Crippen LogP contribution >= 0.6 is 0 Å². The van der Waals surface area contributed by atoms with Crippen molar-refractivity contribution in [3.8, 4) is 0 Å². The molecule has 0 saturated carbocycles. The number of rotatable bonds is 9. The van der Waals surface area contributed by atoms with Gasteiger partial charge in [-0.1, -0.05) is 145 Å². The second-order valence-electron chi connectivity index (χ2n) is 25.1. The topological polar surface area (TPSA) is 213 Å². The SMILES string of the molecule is C.C=C1C=C(C(C)C)C=NN1.C=C1C=C(C(C)C)N=CN1.CC(C)c1cnn(C)c(=O)c1.Cc1cc(C(C)C)ccn1.Cc1cc(C(C)C)ccn1.Cc1cc(C(C)C)cnn1.Cc1cc(C(C)C)cnn1.Cc1cc(C(C)C)ncn1.Cc1cc(C(C)C)ncn1. The number of allylic oxidation sites excluding steroid dienone is 4. The standard InChI is InChI=1S/2C9H13N.C8H12N2O.6C8H12N2.CH4/c2*1-7(2)9-4-5-10-8(3)6-9;1-6(2)7-4-8(11)10(3)9-5-7;3*1-6(2)8-4-7(3)9-5-10-8;3*1-6(2)8-4-7(3)10-9-5-8;/h2*4-7H,1-3H3;4-6H,1-3H3;2*4-6H,1-3H3;4-6H,3H2,1-2H3,(H,9,10);2*4-6H,1-3H3;4-6,10H,3H2,1-2H3;1H4. The lowest BCUT2D eigenvalue weighted by Gasteiger charge is -2.11. The molecule has 0 amide bonds. The first-order valence-corrected chi connectivity index (χ1v) is 31.6. The van der Waals surface area contributed by atoms with E-state index in [0.29, 0.717) is 53.3 Å². The number of hydrogen-bond donors (Lipinski definition) is 2. The normalized spacial score (nSPS) is 11.8. The Kier molecular flexibility index (Phi) is 40.6. The van der Waals surface area contributed by atoms with E-state index in [0.717, 1.165) is 68.2 Å². The Morgan fingerprint density at radius 1 is 0.435 bits per heavy atom. The van der Waals surface area contributed by atoms with Gasteiger partial charge in [-0.3, -0.25) is 20.2 Å². The summed E-state index contributed by atoms with van der Waals surface area (Å²) in [5.74, 6) is 4.71. The average molecular weight is 1260 g/mol. The van der Waals surface area contributed by atoms with Crippen LogP contribution in [0.3, 0.4) is 0 Å². The van der Waals surface area contributed by atoms with Crippen LogP contribution in [0.4, 0.5) is 0 Å². The summed E-state index contributed by atoms with van der Waals surface area (Å²) in [4.78, 5) is 39.7. The lowest BCUT2D eigenvalue weighted by Crippen LogP contribution is -2.19. The van der Waals surface area contributed by atoms with E-state index in [4.69, 9.17) is 0 Å². The molecule has 2 aliphatic rings. The minimum atomic E-state index is -0.0452. The third kappa shape index (κ3) is 36.3. The van der Waals surface area contributed by atoms with E-state index in [1.54, 1.807) is 38.3 Å². The molecule has 17 heteroatoms. The Morgan fingerprint density at radius 3 is 1.11 bits per heavy atom. The summed E-state index contributed by atoms with van der Waals surface area (Å²) in [7, 11) is 1.65. The molecule has 92 heavy (non-hydrogen) atoms. The van der Waals surface area contributed by atoms with Crippen LogP contribution in [0.5, 0.6) is 0 Å². The largest absolute Gasteiger partial charge is 0.347 e. The predicted molar refractivity (Wildman–Crippen MR) is 387 cm³/mol. The van der Waals surface area contributed by atoms with Gasteiger partial charge < -0.3 is 5.32 Å². The summed E-state index contributed by atoms with van der Waals surface area (Å²) in [5.41, 5.74) is 21.6. The van der Waals surface area contributed by atoms with Crippen molar-refractivity contribution < 1.29 is 0 Å². The van der Waals surface area contributed by atoms with Crippen molar-refractivity contribution in [2.45, 2.75) is 215 Å². The number of aryl methyl sites for hydroxylation is 7. The van der Waals surface area contributed by atoms with Gasteiger partial charge in [-0.25, -0.2) is 29.6 Å². The van der Waals surface area contributed by atoms with Crippen LogP contribution < -0.4 is 16.3 Å². The first-order chi connectivity index (χ1) is 42.7. The smallest absolute Gasteiger partial charge is 0.266 e. The minimum absolute atomic E-state index is 0. The van der Waals surface area contributed by atoms with E-state index in [9.17, 15) is 4.79 Å². The van der Waals surface area contributed by atoms with Crippen LogP contribution in [0, 0.1) is 53.4 Å². The van der Waals surface area contributed by atoms with Gasteiger partial charge in [-0.2, -0.15) is 30.6 Å². The molecule has 0 aromatic carbocycles. The van der Waals surface area contributed by atoms with Crippen molar-refractivity contribution in [2.75, 3.05) is 0 Å². The zero-order chi connectivity index (χ0) is 68.9. The molecule has 9 rings (SSSR count). The van der Waals surface area contributed by atoms with Gasteiger partial charge in [0.2, 0.25) is 0 Å². The van der Waals surface area contributed by atoms with Crippen LogP contribution in [0.2, 0.25) is 0 Å². The molecule has 0 aliphatic carbocycles. The van der Waals surface area contributed by atoms with Crippen molar-refractivity contribution in [3.05, 3.63) is 230 Å². The molecule has 2 aliphatic heterocycles. The Hall–Kier alpha value is -8.60. The van der Waals surface area contributed by atoms with Crippen LogP contribution in [0.25, 0.3) is 0 Å². The molecule has 0 fully saturated rings. The zero-order valence-electron chi connectivity index (χ0n) is 59.8. The van der Waals surface area contributed by atoms with E-state index in [2.05, 4.69) is 237 Å². The summed E-state index contributed by atoms with van der Waals surface area (Å²) in [6, 6.07) is 18.2. The molecule has 500 valence electrons. The fourth-order valence-corrected chi connectivity index (χ4v) is 7.39. The molecule has 17 nitrogen and oxygen atoms in total. The van der Waals surface area contributed by atoms with Gasteiger partial charge in [-0.05, 0) is 189 Å². The van der Waals surface area contributed by atoms with Gasteiger partial charge in [0, 0.05) is 76.8 Å². The van der Waals surface area contributed by atoms with Crippen molar-refractivity contribution >= 4 is 12.6 Å². The predicted octanol–water partition coefficient (Wildman–Crippen LogP) is 17.5. The summed E-state index contributed by atoms with van der Waals surface area (Å²) >= 11 is 0. The summed E-state index contributed by atoms with van der Waals surface area (Å²) in [6.07, 6.45) is 19.8. The van der Waals surface area contributed by atoms with Crippen LogP contribution in [-0.2, 0) is 7.05 Å². The van der Waals surface area contributed by atoms with Crippen molar-refractivity contribution in [1.29, 1.82) is 0 Å². The second kappa shape index (κ2) is 44.8. The number of hydrogen-bond acceptors (Lipinski definition) is 16. The highest BCUT2D eigenvalue weighted by Gasteiger charge is 2.07. The molecule has 0 atom stereocenters. The van der Waals surface area contributed by atoms with Crippen LogP contribution in [0.1, 0.15) is 247 Å². The monoisotopic (exact) mass is 1250 g/mol. The third-order valence-corrected chi connectivity index (χ3v) is 13.4. The van der Waals surface area contributed by atoms with E-state index < -0.39 is 0 Å². The first kappa shape index (κ1) is 83.4. The van der Waals surface area contributed by atoms with E-state index in [1.807, 2.05) is 111 Å². The van der Waals surface area contributed by atoms with Gasteiger partial charge >= 0.3 is 0 Å². The van der Waals surface area contributed by atoms with Gasteiger partial charge in [0.15, 0.2) is 0 Å². The molecule has 0 saturated heterocycles. The summed E-state index contributed by atoms with van der Waals surface area (Å²) in [6.45, 7) is 57.9. The number of hydrazone groups is 1. The molecule has 0 bridgehead atoms. The Morgan fingerprint density at radius 2 is 0.837 bits per heavy atom. The highest BCUT2D eigenvalue weighted by Crippen LogP contribution is 2.18. The molecule has 9 heterocycles. The molecular formula is C75H114N16O. The van der Waals surface area contributed by atoms with Gasteiger partial charge in [0.1, 0.15) is 12.7 Å². The summed E-state index contributed by atoms with van der Waals surface area (Å²) in [5, 5.41) is 26.2. The van der Waals surface area contributed by atoms with Gasteiger partial charge in [0.25, 0.3) is 5.56 Å². The maximum absolute atomic E-state index is 11.0. The number of aliphatic imine (C=N–C) groups is 1. The molecule has 0 unspecified atom stereocenters. The first-order valence-electron chi connectivity index (χ1n) is 31.6. The van der Waals surface area contributed by atoms with Crippen molar-refractivity contribution in [1.82, 2.24) is 70.8 Å². The molecule has 0 radical (unpaired) electrons. The fourth-order valence-electron chi connectivity index (χ4n) is 7.39. The molecule has 7 aromatic rings. The zero-order valence-corrected chi connectivity index (χ0v) is 59.8. The highest BCUT2D eigenvalue weighted by atomic mass is 16.1. The Labute approximate surface area is 554 Å². The number of nitrogens with one attached hydrogen (secondary N) is 2. The fraction of sp³-hybridized carbons (Fsp3) is 0.467. The van der Waals surface area contributed by atoms with Crippen LogP contribution in [-0.4, -0.2) is 72.6 Å². The quantitative estimate of drug-likeness (QED) is 0.138. The van der Waals surface area contributed by atoms with E-state index in [1.165, 1.54) is 32.5 Å². The second-order valence-corrected chi connectivity index (χ2v) is 25.1. The third-order valence-electron chi connectivity index (χ3n) is 13.4. The lowest BCUT2D eigenvalue weighted by atomic mass is 10.0. The maximum Gasteiger partial charge on any atom is 0.266 e. The number of nitrogens with zero attached hydrogens (tertiary/aromatic N) is 14. The molecule has 2 N–H and O–H groups in total. The van der Waals surface area contributed by atoms with E-state index >= 15 is 0 Å². The van der Waals surface area contributed by atoms with Crippen LogP contribution in [0.15, 0.2) is 161 Å². The maximum atomic E-state index is 11.0. The van der Waals surface area contributed by atoms with Gasteiger partial charge in [-0.15, -0.1) is 0 Å². The average Bonchev–Trinajstić information content (AvgIpc) is 3.50. The Balaban J connectivity index is 0.00000101. The molecule has 0 spiro atoms. The Bertz CT molecular complexity index is 3010. The highest BCUT2D eigenvalue weighted by molar-refractivity contribution is 5.80. The van der Waals surface area contributed by atoms with Crippen molar-refractivity contribution in [2.24, 2.45) is 29.0 Å². The lowest BCUT2D eigenvalue weighted by molar-refractivity contribution is 0.689. The minimum Gasteiger partial charge on any atom is -0.347 e. The van der Waals surface area contributed by atoms with Gasteiger partial charge in [0.05, 0.1) is 42.5 Å². The number of pyridine rings is 2. The number of aromatic nitrogens is 12. The summed E-state index contributed by atoms with van der Waals surface area (Å²) < 4.78 is 1.33. The van der Waals surface area contributed by atoms with Crippen molar-refractivity contribution in [3.63, 3.8) is 0 Å². The van der Waals surface area contributed by atoms with E-state index in [-0.39, 0.29) is 13.0 Å². The molecule has 7 aromatic heterocycles. The molecular weight excluding hydrogens is 1140 g/mol.